The van der Waals surface area contributed by atoms with Gasteiger partial charge in [0.1, 0.15) is 0 Å². The first kappa shape index (κ1) is 13.2. The molecule has 0 aromatic heterocycles. The van der Waals surface area contributed by atoms with Gasteiger partial charge in [0.15, 0.2) is 0 Å². The molecule has 0 saturated heterocycles. The van der Waals surface area contributed by atoms with Gasteiger partial charge < -0.3 is 5.73 Å². The summed E-state index contributed by atoms with van der Waals surface area (Å²) in [5, 5.41) is 0. The highest BCUT2D eigenvalue weighted by Crippen LogP contribution is 2.29. The first-order valence-electron chi connectivity index (χ1n) is 4.64. The molecule has 90 valence electrons. The third kappa shape index (κ3) is 3.94. The Morgan fingerprint density at radius 1 is 1.31 bits per heavy atom. The van der Waals surface area contributed by atoms with E-state index in [-0.39, 0.29) is 12.3 Å². The summed E-state index contributed by atoms with van der Waals surface area (Å²) in [4.78, 5) is 0. The van der Waals surface area contributed by atoms with Gasteiger partial charge in [-0.05, 0) is 11.6 Å². The van der Waals surface area contributed by atoms with E-state index in [1.54, 1.807) is 0 Å². The summed E-state index contributed by atoms with van der Waals surface area (Å²) in [6, 6.07) is 4.87. The number of halogens is 3. The lowest BCUT2D eigenvalue weighted by atomic mass is 10.1. The number of hydrogen-bond donors (Lipinski definition) is 1. The molecule has 0 bridgehead atoms. The van der Waals surface area contributed by atoms with Crippen molar-refractivity contribution in [3.63, 3.8) is 0 Å². The molecule has 1 aromatic rings. The highest BCUT2D eigenvalue weighted by atomic mass is 32.2. The van der Waals surface area contributed by atoms with Crippen LogP contribution in [0.3, 0.4) is 0 Å². The van der Waals surface area contributed by atoms with Crippen molar-refractivity contribution in [3.05, 3.63) is 35.4 Å². The summed E-state index contributed by atoms with van der Waals surface area (Å²) in [5.74, 6) is 0.414. The molecular formula is C10H12F3NOS. The molecule has 0 aliphatic heterocycles. The van der Waals surface area contributed by atoms with Crippen molar-refractivity contribution in [1.29, 1.82) is 0 Å². The van der Waals surface area contributed by atoms with E-state index in [0.29, 0.717) is 11.3 Å². The Morgan fingerprint density at radius 3 is 2.56 bits per heavy atom. The maximum absolute atomic E-state index is 12.4. The zero-order valence-electron chi connectivity index (χ0n) is 8.46. The predicted octanol–water partition coefficient (Wildman–Crippen LogP) is 1.91. The predicted molar refractivity (Wildman–Crippen MR) is 57.2 cm³/mol. The molecule has 0 aliphatic carbocycles. The van der Waals surface area contributed by atoms with Crippen LogP contribution in [0.25, 0.3) is 0 Å². The molecule has 0 aliphatic rings. The van der Waals surface area contributed by atoms with Crippen LogP contribution in [0.4, 0.5) is 13.2 Å². The maximum Gasteiger partial charge on any atom is 0.416 e. The molecule has 1 aromatic carbocycles. The second kappa shape index (κ2) is 5.45. The third-order valence-electron chi connectivity index (χ3n) is 1.93. The van der Waals surface area contributed by atoms with Crippen LogP contribution in [0.5, 0.6) is 0 Å². The molecule has 16 heavy (non-hydrogen) atoms. The number of hydrogen-bond acceptors (Lipinski definition) is 2. The molecule has 6 heteroatoms. The van der Waals surface area contributed by atoms with E-state index in [1.165, 1.54) is 12.1 Å². The fraction of sp³-hybridized carbons (Fsp3) is 0.400. The van der Waals surface area contributed by atoms with Gasteiger partial charge in [-0.3, -0.25) is 4.21 Å². The summed E-state index contributed by atoms with van der Waals surface area (Å²) < 4.78 is 48.4. The summed E-state index contributed by atoms with van der Waals surface area (Å²) in [6.45, 7) is 0.269. The number of rotatable bonds is 4. The quantitative estimate of drug-likeness (QED) is 0.888. The molecule has 0 heterocycles. The van der Waals surface area contributed by atoms with E-state index in [0.717, 1.165) is 12.1 Å². The molecule has 0 saturated carbocycles. The minimum atomic E-state index is -4.36. The largest absolute Gasteiger partial charge is 0.416 e. The Balaban J connectivity index is 2.79. The van der Waals surface area contributed by atoms with Gasteiger partial charge in [0, 0.05) is 28.9 Å². The standard InChI is InChI=1S/C10H12F3NOS/c11-10(12,13)9-3-1-2-8(6-9)7-16(15)5-4-14/h1-3,6H,4-5,7,14H2. The average molecular weight is 251 g/mol. The molecular weight excluding hydrogens is 239 g/mol. The molecule has 2 N–H and O–H groups in total. The van der Waals surface area contributed by atoms with Crippen molar-refractivity contribution in [1.82, 2.24) is 0 Å². The molecule has 1 unspecified atom stereocenters. The fourth-order valence-electron chi connectivity index (χ4n) is 1.23. The molecule has 1 atom stereocenters. The van der Waals surface area contributed by atoms with Crippen molar-refractivity contribution >= 4 is 10.8 Å². The smallest absolute Gasteiger partial charge is 0.330 e. The lowest BCUT2D eigenvalue weighted by molar-refractivity contribution is -0.137. The van der Waals surface area contributed by atoms with Gasteiger partial charge in [0.05, 0.1) is 5.56 Å². The van der Waals surface area contributed by atoms with Gasteiger partial charge in [-0.25, -0.2) is 0 Å². The Bertz CT molecular complexity index is 379. The zero-order valence-corrected chi connectivity index (χ0v) is 9.27. The van der Waals surface area contributed by atoms with E-state index in [2.05, 4.69) is 0 Å². The van der Waals surface area contributed by atoms with Gasteiger partial charge in [-0.15, -0.1) is 0 Å². The molecule has 0 spiro atoms. The Morgan fingerprint density at radius 2 is 2.00 bits per heavy atom. The zero-order chi connectivity index (χ0) is 12.2. The summed E-state index contributed by atoms with van der Waals surface area (Å²) in [6.07, 6.45) is -4.36. The highest BCUT2D eigenvalue weighted by molar-refractivity contribution is 7.84. The Labute approximate surface area is 94.1 Å². The summed E-state index contributed by atoms with van der Waals surface area (Å²) in [5.41, 5.74) is 4.91. The lowest BCUT2D eigenvalue weighted by Gasteiger charge is -2.08. The molecule has 2 nitrogen and oxygen atoms in total. The van der Waals surface area contributed by atoms with Crippen LogP contribution in [-0.4, -0.2) is 16.5 Å². The van der Waals surface area contributed by atoms with Gasteiger partial charge >= 0.3 is 6.18 Å². The van der Waals surface area contributed by atoms with Crippen molar-refractivity contribution < 1.29 is 17.4 Å². The van der Waals surface area contributed by atoms with Crippen molar-refractivity contribution in [2.24, 2.45) is 5.73 Å². The van der Waals surface area contributed by atoms with E-state index in [9.17, 15) is 17.4 Å². The number of nitrogens with two attached hydrogens (primary N) is 1. The number of benzene rings is 1. The van der Waals surface area contributed by atoms with Crippen LogP contribution >= 0.6 is 0 Å². The second-order valence-corrected chi connectivity index (χ2v) is 4.85. The van der Waals surface area contributed by atoms with Gasteiger partial charge in [0.25, 0.3) is 0 Å². The minimum Gasteiger partial charge on any atom is -0.330 e. The molecule has 0 fully saturated rings. The van der Waals surface area contributed by atoms with Crippen LogP contribution in [0.1, 0.15) is 11.1 Å². The van der Waals surface area contributed by atoms with E-state index < -0.39 is 22.5 Å². The fourth-order valence-corrected chi connectivity index (χ4v) is 2.19. The average Bonchev–Trinajstić information content (AvgIpc) is 2.17. The van der Waals surface area contributed by atoms with Crippen molar-refractivity contribution in [2.45, 2.75) is 11.9 Å². The number of alkyl halides is 3. The van der Waals surface area contributed by atoms with Gasteiger partial charge in [-0.2, -0.15) is 13.2 Å². The van der Waals surface area contributed by atoms with Crippen LogP contribution in [0, 0.1) is 0 Å². The van der Waals surface area contributed by atoms with Crippen LogP contribution in [0.15, 0.2) is 24.3 Å². The first-order chi connectivity index (χ1) is 7.43. The first-order valence-corrected chi connectivity index (χ1v) is 6.13. The van der Waals surface area contributed by atoms with Crippen LogP contribution in [-0.2, 0) is 22.7 Å². The Hall–Kier alpha value is -0.880. The maximum atomic E-state index is 12.4. The Kier molecular flexibility index (Phi) is 4.49. The van der Waals surface area contributed by atoms with Crippen molar-refractivity contribution in [2.75, 3.05) is 12.3 Å². The second-order valence-electron chi connectivity index (χ2n) is 3.28. The SMILES string of the molecule is NCCS(=O)Cc1cccc(C(F)(F)F)c1. The summed E-state index contributed by atoms with van der Waals surface area (Å²) >= 11 is 0. The molecule has 1 rings (SSSR count). The van der Waals surface area contributed by atoms with E-state index in [1.807, 2.05) is 0 Å². The normalized spacial score (nSPS) is 13.8. The van der Waals surface area contributed by atoms with E-state index >= 15 is 0 Å². The molecule has 0 radical (unpaired) electrons. The highest BCUT2D eigenvalue weighted by Gasteiger charge is 2.30. The van der Waals surface area contributed by atoms with Gasteiger partial charge in [0.2, 0.25) is 0 Å². The third-order valence-corrected chi connectivity index (χ3v) is 3.27. The molecule has 0 amide bonds. The van der Waals surface area contributed by atoms with Crippen molar-refractivity contribution in [3.8, 4) is 0 Å². The van der Waals surface area contributed by atoms with Crippen LogP contribution in [0.2, 0.25) is 0 Å². The van der Waals surface area contributed by atoms with Crippen LogP contribution < -0.4 is 5.73 Å². The van der Waals surface area contributed by atoms with Gasteiger partial charge in [-0.1, -0.05) is 18.2 Å². The topological polar surface area (TPSA) is 43.1 Å². The minimum absolute atomic E-state index is 0.112. The monoisotopic (exact) mass is 251 g/mol. The van der Waals surface area contributed by atoms with E-state index in [4.69, 9.17) is 5.73 Å². The summed E-state index contributed by atoms with van der Waals surface area (Å²) in [7, 11) is -1.20. The lowest BCUT2D eigenvalue weighted by Crippen LogP contribution is -2.12.